The van der Waals surface area contributed by atoms with Gasteiger partial charge in [0, 0.05) is 30.2 Å². The van der Waals surface area contributed by atoms with Gasteiger partial charge in [-0.3, -0.25) is 14.8 Å². The number of rotatable bonds is 6. The number of hydrogen-bond donors (Lipinski definition) is 2. The van der Waals surface area contributed by atoms with E-state index in [1.54, 1.807) is 0 Å². The molecule has 0 spiro atoms. The summed E-state index contributed by atoms with van der Waals surface area (Å²) in [6, 6.07) is 15.4. The molecular weight excluding hydrogens is 468 g/mol. The molecule has 0 radical (unpaired) electrons. The summed E-state index contributed by atoms with van der Waals surface area (Å²) >= 11 is 1.52. The number of anilines is 1. The Hall–Kier alpha value is -3.79. The lowest BCUT2D eigenvalue weighted by atomic mass is 9.98. The molecule has 2 aromatic carbocycles. The normalized spacial score (nSPS) is 16.9. The van der Waals surface area contributed by atoms with E-state index in [1.807, 2.05) is 24.3 Å². The fourth-order valence-electron chi connectivity index (χ4n) is 4.60. The second-order valence-electron chi connectivity index (χ2n) is 8.39. The Balaban J connectivity index is 1.18. The van der Waals surface area contributed by atoms with Gasteiger partial charge >= 0.3 is 12.1 Å². The molecule has 1 atom stereocenters. The molecule has 35 heavy (non-hydrogen) atoms. The minimum atomic E-state index is -1.01. The maximum Gasteiger partial charge on any atom is 0.411 e. The minimum absolute atomic E-state index is 0.0432. The molecule has 1 aliphatic carbocycles. The molecule has 1 fully saturated rings. The Kier molecular flexibility index (Phi) is 6.45. The topological polar surface area (TPSA) is 114 Å². The average molecular weight is 493 g/mol. The third-order valence-electron chi connectivity index (χ3n) is 6.25. The van der Waals surface area contributed by atoms with Crippen molar-refractivity contribution in [3.05, 3.63) is 72.1 Å². The van der Waals surface area contributed by atoms with Gasteiger partial charge in [-0.25, -0.2) is 9.59 Å². The van der Waals surface area contributed by atoms with Crippen LogP contribution in [0.25, 0.3) is 11.1 Å². The summed E-state index contributed by atoms with van der Waals surface area (Å²) in [5, 5.41) is 16.1. The fraction of sp³-hybridized carbons (Fsp3) is 0.280. The van der Waals surface area contributed by atoms with Gasteiger partial charge in [-0.05, 0) is 22.3 Å². The number of hydrogen-bond acceptors (Lipinski definition) is 6. The first-order valence-corrected chi connectivity index (χ1v) is 12.4. The molecule has 1 unspecified atom stereocenters. The van der Waals surface area contributed by atoms with Crippen molar-refractivity contribution >= 4 is 35.4 Å². The summed E-state index contributed by atoms with van der Waals surface area (Å²) in [5.41, 5.74) is 4.95. The number of nitrogens with zero attached hydrogens (tertiary/aromatic N) is 3. The smallest absolute Gasteiger partial charge is 0.411 e. The summed E-state index contributed by atoms with van der Waals surface area (Å²) in [4.78, 5) is 37.9. The van der Waals surface area contributed by atoms with E-state index in [1.165, 1.54) is 33.7 Å². The highest BCUT2D eigenvalue weighted by atomic mass is 32.2. The third-order valence-corrected chi connectivity index (χ3v) is 7.28. The van der Waals surface area contributed by atoms with E-state index >= 15 is 0 Å². The number of carboxylic acid groups (broad SMARTS) is 1. The van der Waals surface area contributed by atoms with Gasteiger partial charge in [0.15, 0.2) is 0 Å². The average Bonchev–Trinajstić information content (AvgIpc) is 3.44. The molecule has 0 bridgehead atoms. The van der Waals surface area contributed by atoms with Gasteiger partial charge in [-0.15, -0.1) is 0 Å². The van der Waals surface area contributed by atoms with Gasteiger partial charge in [0.2, 0.25) is 5.91 Å². The lowest BCUT2D eigenvalue weighted by Gasteiger charge is -2.32. The van der Waals surface area contributed by atoms with Crippen LogP contribution < -0.4 is 5.32 Å². The van der Waals surface area contributed by atoms with Gasteiger partial charge in [0.1, 0.15) is 19.2 Å². The zero-order valence-electron chi connectivity index (χ0n) is 18.8. The van der Waals surface area contributed by atoms with Crippen LogP contribution >= 0.6 is 11.8 Å². The second kappa shape index (κ2) is 9.83. The quantitative estimate of drug-likeness (QED) is 0.543. The summed E-state index contributed by atoms with van der Waals surface area (Å²) < 4.78 is 6.92. The number of aromatic nitrogens is 2. The molecule has 2 amide bonds. The molecule has 2 heterocycles. The number of thioether (sulfide) groups is 1. The summed E-state index contributed by atoms with van der Waals surface area (Å²) in [6.45, 7) is 0.462. The number of carbonyl (C=O) groups is 3. The van der Waals surface area contributed by atoms with Crippen LogP contribution in [0.3, 0.4) is 0 Å². The highest BCUT2D eigenvalue weighted by Gasteiger charge is 2.32. The zero-order chi connectivity index (χ0) is 24.4. The molecule has 3 aromatic rings. The van der Waals surface area contributed by atoms with E-state index in [2.05, 4.69) is 34.7 Å². The fourth-order valence-corrected chi connectivity index (χ4v) is 5.64. The van der Waals surface area contributed by atoms with Crippen LogP contribution in [-0.2, 0) is 20.9 Å². The molecule has 5 rings (SSSR count). The summed E-state index contributed by atoms with van der Waals surface area (Å²) in [5.74, 6) is -0.312. The van der Waals surface area contributed by atoms with Crippen LogP contribution in [0.5, 0.6) is 0 Å². The summed E-state index contributed by atoms with van der Waals surface area (Å²) in [7, 11) is 0. The van der Waals surface area contributed by atoms with Crippen LogP contribution in [0.1, 0.15) is 17.0 Å². The third kappa shape index (κ3) is 4.74. The van der Waals surface area contributed by atoms with E-state index in [-0.39, 0.29) is 25.0 Å². The molecule has 2 N–H and O–H groups in total. The van der Waals surface area contributed by atoms with Crippen LogP contribution in [0.15, 0.2) is 60.9 Å². The predicted octanol–water partition coefficient (Wildman–Crippen LogP) is 3.27. The van der Waals surface area contributed by atoms with Crippen molar-refractivity contribution in [1.29, 1.82) is 0 Å². The van der Waals surface area contributed by atoms with Gasteiger partial charge in [-0.1, -0.05) is 48.5 Å². The molecule has 10 heteroatoms. The summed E-state index contributed by atoms with van der Waals surface area (Å²) in [6.07, 6.45) is 2.33. The maximum absolute atomic E-state index is 12.6. The molecule has 0 saturated carbocycles. The van der Waals surface area contributed by atoms with Crippen LogP contribution in [0, 0.1) is 0 Å². The van der Waals surface area contributed by atoms with Crippen molar-refractivity contribution in [2.24, 2.45) is 0 Å². The number of ether oxygens (including phenoxy) is 1. The van der Waals surface area contributed by atoms with Crippen molar-refractivity contribution in [2.45, 2.75) is 18.5 Å². The monoisotopic (exact) mass is 492 g/mol. The highest BCUT2D eigenvalue weighted by Crippen LogP contribution is 2.44. The number of aliphatic carboxylic acids is 1. The molecule has 9 nitrogen and oxygen atoms in total. The first kappa shape index (κ1) is 23.0. The van der Waals surface area contributed by atoms with E-state index < -0.39 is 18.1 Å². The Labute approximate surface area is 206 Å². The van der Waals surface area contributed by atoms with Crippen LogP contribution in [0.2, 0.25) is 0 Å². The molecule has 1 saturated heterocycles. The SMILES string of the molecule is O=C(Nc1cnn(CC(=O)N2CCSCC2C(=O)O)c1)OCC1c2ccccc2-c2ccccc21. The number of carboxylic acids is 1. The molecule has 1 aliphatic heterocycles. The van der Waals surface area contributed by atoms with Crippen molar-refractivity contribution in [3.63, 3.8) is 0 Å². The molecular formula is C25H24N4O5S. The van der Waals surface area contributed by atoms with Gasteiger partial charge in [0.25, 0.3) is 0 Å². The molecule has 1 aromatic heterocycles. The van der Waals surface area contributed by atoms with Gasteiger partial charge in [-0.2, -0.15) is 16.9 Å². The minimum Gasteiger partial charge on any atom is -0.480 e. The van der Waals surface area contributed by atoms with Crippen molar-refractivity contribution in [2.75, 3.05) is 30.0 Å². The van der Waals surface area contributed by atoms with E-state index in [4.69, 9.17) is 4.74 Å². The largest absolute Gasteiger partial charge is 0.480 e. The number of carbonyl (C=O) groups excluding carboxylic acids is 2. The second-order valence-corrected chi connectivity index (χ2v) is 9.54. The number of benzene rings is 2. The maximum atomic E-state index is 12.6. The van der Waals surface area contributed by atoms with Crippen LogP contribution in [-0.4, -0.2) is 68.5 Å². The van der Waals surface area contributed by atoms with Crippen molar-refractivity contribution in [3.8, 4) is 11.1 Å². The van der Waals surface area contributed by atoms with Gasteiger partial charge in [0.05, 0.1) is 11.9 Å². The lowest BCUT2D eigenvalue weighted by Crippen LogP contribution is -2.51. The Bertz CT molecular complexity index is 1230. The number of fused-ring (bicyclic) bond motifs is 3. The predicted molar refractivity (Wildman–Crippen MR) is 131 cm³/mol. The lowest BCUT2D eigenvalue weighted by molar-refractivity contribution is -0.149. The number of nitrogens with one attached hydrogen (secondary N) is 1. The Morgan fingerprint density at radius 1 is 1.09 bits per heavy atom. The highest BCUT2D eigenvalue weighted by molar-refractivity contribution is 7.99. The molecule has 180 valence electrons. The number of amides is 2. The standard InChI is InChI=1S/C25H24N4O5S/c30-23(29-9-10-35-15-22(29)24(31)32)13-28-12-16(11-26-28)27-25(33)34-14-21-19-7-3-1-5-17(19)18-6-2-4-8-20(18)21/h1-8,11-12,21-22H,9-10,13-15H2,(H,27,33)(H,31,32). The van der Waals surface area contributed by atoms with Gasteiger partial charge < -0.3 is 14.7 Å². The van der Waals surface area contributed by atoms with Crippen LogP contribution in [0.4, 0.5) is 10.5 Å². The van der Waals surface area contributed by atoms with E-state index in [0.717, 1.165) is 22.3 Å². The Morgan fingerprint density at radius 2 is 1.77 bits per heavy atom. The first-order chi connectivity index (χ1) is 17.0. The van der Waals surface area contributed by atoms with Crippen molar-refractivity contribution < 1.29 is 24.2 Å². The molecule has 2 aliphatic rings. The Morgan fingerprint density at radius 3 is 2.46 bits per heavy atom. The van der Waals surface area contributed by atoms with Crippen molar-refractivity contribution in [1.82, 2.24) is 14.7 Å². The van der Waals surface area contributed by atoms with E-state index in [9.17, 15) is 19.5 Å². The first-order valence-electron chi connectivity index (χ1n) is 11.3. The zero-order valence-corrected chi connectivity index (χ0v) is 19.6. The van der Waals surface area contributed by atoms with E-state index in [0.29, 0.717) is 23.7 Å².